The molecule has 0 atom stereocenters. The van der Waals surface area contributed by atoms with Crippen molar-refractivity contribution in [2.75, 3.05) is 0 Å². The minimum Gasteiger partial charge on any atom is -0.0447 e. The van der Waals surface area contributed by atoms with Gasteiger partial charge < -0.3 is 0 Å². The average molecular weight is 179 g/mol. The fourth-order valence-corrected chi connectivity index (χ4v) is 0. The van der Waals surface area contributed by atoms with E-state index < -0.39 is 6.20 Å². The van der Waals surface area contributed by atoms with Crippen LogP contribution in [0.4, 0.5) is 0 Å². The Balaban J connectivity index is 0. The van der Waals surface area contributed by atoms with Gasteiger partial charge in [0.05, 0.1) is 0 Å². The van der Waals surface area contributed by atoms with E-state index in [4.69, 9.17) is 0 Å². The minimum absolute atomic E-state index is 0. The van der Waals surface area contributed by atoms with Crippen molar-refractivity contribution in [3.8, 4) is 0 Å². The molecule has 0 aliphatic rings. The van der Waals surface area contributed by atoms with Gasteiger partial charge in [0.2, 0.25) is 0 Å². The summed E-state index contributed by atoms with van der Waals surface area (Å²) in [5, 5.41) is 0. The Labute approximate surface area is 54.8 Å². The monoisotopic (exact) mass is 177 g/mol. The molecule has 5 heavy (non-hydrogen) atoms. The fourth-order valence-electron chi connectivity index (χ4n) is 0. The van der Waals surface area contributed by atoms with Gasteiger partial charge >= 0.3 is 6.20 Å². The Kier molecular flexibility index (Phi) is 10.5. The summed E-state index contributed by atoms with van der Waals surface area (Å²) >= 11 is 6.68. The molecule has 0 N–H and O–H groups in total. The van der Waals surface area contributed by atoms with Crippen LogP contribution in [0.1, 0.15) is 0 Å². The average Bonchev–Trinajstić information content (AvgIpc) is 0.811. The first-order chi connectivity index (χ1) is 1.73. The molecule has 0 aliphatic heterocycles. The first kappa shape index (κ1) is 9.66. The Morgan fingerprint density at radius 3 is 1.40 bits per heavy atom. The molecule has 0 unspecified atom stereocenters. The molecule has 0 bridgehead atoms. The third-order valence-electron chi connectivity index (χ3n) is 0. The zero-order valence-corrected chi connectivity index (χ0v) is 8.11. The van der Waals surface area contributed by atoms with Crippen molar-refractivity contribution in [1.29, 1.82) is 0 Å². The van der Waals surface area contributed by atoms with E-state index in [1.54, 1.807) is 0 Å². The largest absolute Gasteiger partial charge is 0.477 e. The Bertz CT molecular complexity index is 32.6. The molecule has 0 fully saturated rings. The summed E-state index contributed by atoms with van der Waals surface area (Å²) in [4.78, 5) is 0. The van der Waals surface area contributed by atoms with E-state index in [1.807, 2.05) is 0 Å². The molecule has 0 aliphatic carbocycles. The summed E-state index contributed by atoms with van der Waals surface area (Å²) in [5.41, 5.74) is 0. The summed E-state index contributed by atoms with van der Waals surface area (Å²) in [6.07, 6.45) is -1.48. The standard InChI is InChI=1S/HOPS2.Zn/c1-2(3)4;/h(H-,1,3,4);/p+1. The van der Waals surface area contributed by atoms with E-state index in [9.17, 15) is 4.57 Å². The van der Waals surface area contributed by atoms with Crippen LogP contribution in [-0.4, -0.2) is 0 Å². The number of rotatable bonds is 0. The molecule has 5 heteroatoms. The maximum absolute atomic E-state index is 9.32. The first-order valence-electron chi connectivity index (χ1n) is 0.583. The van der Waals surface area contributed by atoms with Crippen LogP contribution in [0.3, 0.4) is 0 Å². The molecule has 1 nitrogen and oxygen atoms in total. The third kappa shape index (κ3) is 31.4. The Morgan fingerprint density at radius 2 is 1.40 bits per heavy atom. The number of hydrogen-bond acceptors (Lipinski definition) is 1. The molecular weight excluding hydrogens is 176 g/mol. The van der Waals surface area contributed by atoms with Crippen molar-refractivity contribution < 1.29 is 24.0 Å². The molecule has 26 valence electrons. The second-order valence-corrected chi connectivity index (χ2v) is 3.88. The van der Waals surface area contributed by atoms with Crippen LogP contribution in [0, 0.1) is 0 Å². The SMILES string of the molecule is O=[P+](S)S.[Zn]. The second-order valence-electron chi connectivity index (χ2n) is 0.253. The second kappa shape index (κ2) is 5.42. The molecule has 0 aromatic carbocycles. The van der Waals surface area contributed by atoms with Gasteiger partial charge in [0.1, 0.15) is 24.5 Å². The van der Waals surface area contributed by atoms with Crippen LogP contribution in [0.5, 0.6) is 0 Å². The summed E-state index contributed by atoms with van der Waals surface area (Å²) in [5.74, 6) is 0. The third-order valence-corrected chi connectivity index (χ3v) is 0. The maximum atomic E-state index is 9.32. The molecule has 0 rings (SSSR count). The van der Waals surface area contributed by atoms with E-state index in [2.05, 4.69) is 24.5 Å². The zero-order chi connectivity index (χ0) is 3.58. The van der Waals surface area contributed by atoms with Crippen LogP contribution in [0.25, 0.3) is 0 Å². The van der Waals surface area contributed by atoms with Gasteiger partial charge in [0.25, 0.3) is 0 Å². The van der Waals surface area contributed by atoms with Crippen LogP contribution in [-0.2, 0) is 24.0 Å². The van der Waals surface area contributed by atoms with Crippen molar-refractivity contribution >= 4 is 30.7 Å². The molecule has 0 radical (unpaired) electrons. The van der Waals surface area contributed by atoms with Gasteiger partial charge in [0, 0.05) is 19.5 Å². The molecular formula is H2OPS2Zn+. The van der Waals surface area contributed by atoms with E-state index in [1.165, 1.54) is 0 Å². The van der Waals surface area contributed by atoms with Crippen molar-refractivity contribution in [2.45, 2.75) is 0 Å². The Hall–Kier alpha value is 1.42. The molecule has 0 saturated carbocycles. The van der Waals surface area contributed by atoms with Crippen molar-refractivity contribution in [2.24, 2.45) is 0 Å². The summed E-state index contributed by atoms with van der Waals surface area (Å²) in [6.45, 7) is 0. The molecule has 0 saturated heterocycles. The topological polar surface area (TPSA) is 17.1 Å². The fraction of sp³-hybridized carbons (Fsp3) is 0. The van der Waals surface area contributed by atoms with Gasteiger partial charge in [0.15, 0.2) is 0 Å². The normalized spacial score (nSPS) is 5.20. The van der Waals surface area contributed by atoms with Gasteiger partial charge in [-0.25, -0.2) is 0 Å². The van der Waals surface area contributed by atoms with Gasteiger partial charge in [-0.15, -0.1) is 0 Å². The van der Waals surface area contributed by atoms with E-state index >= 15 is 0 Å². The first-order valence-corrected chi connectivity index (χ1v) is 4.15. The summed E-state index contributed by atoms with van der Waals surface area (Å²) < 4.78 is 9.32. The van der Waals surface area contributed by atoms with E-state index in [0.29, 0.717) is 0 Å². The van der Waals surface area contributed by atoms with Crippen LogP contribution >= 0.6 is 30.7 Å². The minimum atomic E-state index is -1.48. The van der Waals surface area contributed by atoms with Gasteiger partial charge in [-0.05, 0) is 4.57 Å². The molecule has 0 heterocycles. The van der Waals surface area contributed by atoms with Crippen LogP contribution in [0.2, 0.25) is 0 Å². The van der Waals surface area contributed by atoms with Gasteiger partial charge in [-0.2, -0.15) is 0 Å². The smallest absolute Gasteiger partial charge is 0.0447 e. The summed E-state index contributed by atoms with van der Waals surface area (Å²) in [7, 11) is 0. The predicted octanol–water partition coefficient (Wildman–Crippen LogP) is 1.50. The zero-order valence-electron chi connectivity index (χ0n) is 2.46. The number of hydrogen-bond donors (Lipinski definition) is 2. The Morgan fingerprint density at radius 1 is 1.40 bits per heavy atom. The molecule has 0 aromatic rings. The van der Waals surface area contributed by atoms with Crippen molar-refractivity contribution in [1.82, 2.24) is 0 Å². The predicted molar refractivity (Wildman–Crippen MR) is 25.6 cm³/mol. The quantitative estimate of drug-likeness (QED) is 0.327. The summed E-state index contributed by atoms with van der Waals surface area (Å²) in [6, 6.07) is 0. The van der Waals surface area contributed by atoms with E-state index in [-0.39, 0.29) is 19.5 Å². The van der Waals surface area contributed by atoms with Crippen LogP contribution in [0.15, 0.2) is 0 Å². The van der Waals surface area contributed by atoms with Gasteiger partial charge in [-0.3, -0.25) is 0 Å². The molecule has 0 aromatic heterocycles. The van der Waals surface area contributed by atoms with Gasteiger partial charge in [-0.1, -0.05) is 0 Å². The maximum Gasteiger partial charge on any atom is 0.477 e. The molecule has 0 spiro atoms. The molecule has 0 amide bonds. The van der Waals surface area contributed by atoms with E-state index in [0.717, 1.165) is 0 Å². The van der Waals surface area contributed by atoms with Crippen molar-refractivity contribution in [3.05, 3.63) is 0 Å². The van der Waals surface area contributed by atoms with Crippen molar-refractivity contribution in [3.63, 3.8) is 0 Å². The number of thiol groups is 2. The van der Waals surface area contributed by atoms with Crippen LogP contribution < -0.4 is 0 Å².